The standard InChI is InChI=1S/C62H87N5O9/c1-41(2)13-12-14-42(3)50-21-22-51-48-20-19-45-37-47(27-30-61(45,4)52(48)28-31-62(50,51)5)76-40-60(73)64-33-29-59(72)63-32-10-8-9-11-34-67-39-46(65-66-67)38-49(53(68)23-15-43-17-25-55(70)57(35-43)74-6)54(69)24-16-44-18-26-56(71)58(36-44)75-7/h15-19,23-26,35-36,39,41-42,47-48,50-52,68,70-71H,8-14,20-22,27-34,37-38,40H2,1-7H3,(H,63,72)(H,64,73)/b23-15+,24-16+,53-49?/t42-,47+,48+,50-,51+,52+,61+,62-/m1/s1. The van der Waals surface area contributed by atoms with E-state index >= 15 is 0 Å². The fourth-order valence-electron chi connectivity index (χ4n) is 13.6. The number of phenols is 2. The molecule has 5 N–H and O–H groups in total. The van der Waals surface area contributed by atoms with E-state index in [0.29, 0.717) is 35.3 Å². The first kappa shape index (κ1) is 57.8. The highest BCUT2D eigenvalue weighted by atomic mass is 16.5. The zero-order valence-corrected chi connectivity index (χ0v) is 46.5. The van der Waals surface area contributed by atoms with E-state index in [1.54, 1.807) is 52.9 Å². The summed E-state index contributed by atoms with van der Waals surface area (Å²) in [6, 6.07) is 9.43. The minimum Gasteiger partial charge on any atom is -0.508 e. The van der Waals surface area contributed by atoms with Crippen LogP contribution >= 0.6 is 0 Å². The number of aliphatic hydroxyl groups is 1. The number of benzene rings is 2. The fraction of sp³-hybridized carbons (Fsp3) is 0.597. The lowest BCUT2D eigenvalue weighted by Crippen LogP contribution is -2.51. The Labute approximate surface area is 451 Å². The maximum atomic E-state index is 13.6. The van der Waals surface area contributed by atoms with Gasteiger partial charge < -0.3 is 40.2 Å². The van der Waals surface area contributed by atoms with E-state index in [-0.39, 0.29) is 83.7 Å². The first-order valence-electron chi connectivity index (χ1n) is 28.3. The van der Waals surface area contributed by atoms with Crippen LogP contribution in [0.2, 0.25) is 0 Å². The number of nitrogens with zero attached hydrogens (tertiary/aromatic N) is 3. The van der Waals surface area contributed by atoms with Crippen molar-refractivity contribution in [1.29, 1.82) is 0 Å². The van der Waals surface area contributed by atoms with Gasteiger partial charge in [0.15, 0.2) is 28.8 Å². The topological polar surface area (TPSA) is 194 Å². The van der Waals surface area contributed by atoms with Gasteiger partial charge in [-0.05, 0) is 158 Å². The largest absolute Gasteiger partial charge is 0.508 e. The van der Waals surface area contributed by atoms with E-state index in [1.165, 1.54) is 89.9 Å². The Balaban J connectivity index is 0.779. The first-order chi connectivity index (χ1) is 36.5. The number of aryl methyl sites for hydroxylation is 1. The molecule has 4 aliphatic carbocycles. The molecule has 0 saturated heterocycles. The summed E-state index contributed by atoms with van der Waals surface area (Å²) >= 11 is 0. The number of methoxy groups -OCH3 is 2. The van der Waals surface area contributed by atoms with Crippen molar-refractivity contribution in [3.63, 3.8) is 0 Å². The van der Waals surface area contributed by atoms with Crippen LogP contribution in [0.5, 0.6) is 23.0 Å². The zero-order valence-electron chi connectivity index (χ0n) is 46.5. The lowest BCUT2D eigenvalue weighted by molar-refractivity contribution is -0.129. The van der Waals surface area contributed by atoms with Crippen molar-refractivity contribution >= 4 is 29.7 Å². The summed E-state index contributed by atoms with van der Waals surface area (Å²) < 4.78 is 18.3. The number of hydrogen-bond acceptors (Lipinski definition) is 11. The molecule has 76 heavy (non-hydrogen) atoms. The van der Waals surface area contributed by atoms with Crippen molar-refractivity contribution in [2.75, 3.05) is 33.9 Å². The lowest BCUT2D eigenvalue weighted by Gasteiger charge is -2.58. The van der Waals surface area contributed by atoms with Gasteiger partial charge in [-0.2, -0.15) is 0 Å². The molecule has 1 heterocycles. The third kappa shape index (κ3) is 14.8. The number of aromatic hydroxyl groups is 2. The molecular formula is C62H87N5O9. The summed E-state index contributed by atoms with van der Waals surface area (Å²) in [6.07, 6.45) is 27.9. The summed E-state index contributed by atoms with van der Waals surface area (Å²) in [6.45, 7) is 13.9. The van der Waals surface area contributed by atoms with Gasteiger partial charge in [-0.15, -0.1) is 5.10 Å². The summed E-state index contributed by atoms with van der Waals surface area (Å²) in [4.78, 5) is 39.0. The van der Waals surface area contributed by atoms with Crippen molar-refractivity contribution in [1.82, 2.24) is 25.6 Å². The van der Waals surface area contributed by atoms with E-state index in [1.807, 2.05) is 0 Å². The fourth-order valence-corrected chi connectivity index (χ4v) is 13.6. The Hall–Kier alpha value is -5.89. The smallest absolute Gasteiger partial charge is 0.246 e. The summed E-state index contributed by atoms with van der Waals surface area (Å²) in [5.41, 5.74) is 4.12. The van der Waals surface area contributed by atoms with Gasteiger partial charge in [0.2, 0.25) is 11.8 Å². The number of aromatic nitrogens is 3. The predicted molar refractivity (Wildman–Crippen MR) is 298 cm³/mol. The van der Waals surface area contributed by atoms with Crippen molar-refractivity contribution in [3.8, 4) is 23.0 Å². The average Bonchev–Trinajstić information content (AvgIpc) is 4.04. The van der Waals surface area contributed by atoms with Crippen LogP contribution in [0, 0.1) is 46.3 Å². The molecule has 414 valence electrons. The van der Waals surface area contributed by atoms with Gasteiger partial charge in [0, 0.05) is 44.2 Å². The number of amides is 2. The lowest BCUT2D eigenvalue weighted by atomic mass is 9.47. The summed E-state index contributed by atoms with van der Waals surface area (Å²) in [5.74, 6) is 4.36. The van der Waals surface area contributed by atoms with Crippen LogP contribution in [0.3, 0.4) is 0 Å². The Morgan fingerprint density at radius 1 is 0.816 bits per heavy atom. The zero-order chi connectivity index (χ0) is 54.4. The van der Waals surface area contributed by atoms with Gasteiger partial charge in [0.05, 0.1) is 26.0 Å². The Bertz CT molecular complexity index is 2580. The number of unbranched alkanes of at least 4 members (excludes halogenated alkanes) is 3. The third-order valence-electron chi connectivity index (χ3n) is 17.8. The van der Waals surface area contributed by atoms with E-state index in [4.69, 9.17) is 14.2 Å². The number of phenolic OH excluding ortho intramolecular Hbond substituents is 2. The van der Waals surface area contributed by atoms with Crippen LogP contribution in [-0.4, -0.2) is 87.9 Å². The molecule has 3 fully saturated rings. The number of carbonyl (C=O) groups is 3. The molecule has 3 aromatic rings. The number of fused-ring (bicyclic) bond motifs is 5. The predicted octanol–water partition coefficient (Wildman–Crippen LogP) is 11.7. The van der Waals surface area contributed by atoms with Crippen molar-refractivity contribution in [2.24, 2.45) is 46.3 Å². The van der Waals surface area contributed by atoms with Crippen LogP contribution in [0.1, 0.15) is 154 Å². The number of hydrogen-bond donors (Lipinski definition) is 5. The number of nitrogens with one attached hydrogen (secondary N) is 2. The second-order valence-corrected chi connectivity index (χ2v) is 23.2. The molecule has 2 amide bonds. The molecule has 7 rings (SSSR count). The van der Waals surface area contributed by atoms with Crippen LogP contribution in [-0.2, 0) is 32.1 Å². The minimum absolute atomic E-state index is 0.00650. The molecule has 0 aliphatic heterocycles. The molecule has 0 spiro atoms. The molecule has 0 unspecified atom stereocenters. The number of ketones is 1. The first-order valence-corrected chi connectivity index (χ1v) is 28.3. The maximum Gasteiger partial charge on any atom is 0.246 e. The maximum absolute atomic E-state index is 13.6. The molecule has 0 radical (unpaired) electrons. The summed E-state index contributed by atoms with van der Waals surface area (Å²) in [7, 11) is 2.88. The van der Waals surface area contributed by atoms with E-state index in [9.17, 15) is 29.7 Å². The molecule has 14 heteroatoms. The number of ether oxygens (including phenoxy) is 3. The molecule has 1 aromatic heterocycles. The number of allylic oxidation sites excluding steroid dienone is 4. The highest BCUT2D eigenvalue weighted by Gasteiger charge is 2.59. The quantitative estimate of drug-likeness (QED) is 0.0160. The third-order valence-corrected chi connectivity index (χ3v) is 17.8. The Morgan fingerprint density at radius 2 is 1.51 bits per heavy atom. The van der Waals surface area contributed by atoms with Gasteiger partial charge in [-0.25, -0.2) is 0 Å². The van der Waals surface area contributed by atoms with E-state index < -0.39 is 5.78 Å². The SMILES string of the molecule is COc1cc(/C=C/C(=O)C(Cc2cn(CCCCCCNC(=O)CCNC(=O)CO[C@H]3CC[C@@]4(C)C(=CC[C@H]5[C@@H]6CC[C@H]([C@H](C)CCCC(C)C)[C@@]6(C)CC[C@@H]54)C3)nn2)=C(O)/C=C/c2ccc(O)c(OC)c2)ccc1O. The molecular weight excluding hydrogens is 959 g/mol. The van der Waals surface area contributed by atoms with Crippen molar-refractivity contribution in [3.05, 3.63) is 94.5 Å². The number of carbonyl (C=O) groups excluding carboxylic acids is 3. The number of rotatable bonds is 27. The highest BCUT2D eigenvalue weighted by molar-refractivity contribution is 6.07. The minimum atomic E-state index is -0.453. The molecule has 8 atom stereocenters. The second-order valence-electron chi connectivity index (χ2n) is 23.2. The van der Waals surface area contributed by atoms with Crippen molar-refractivity contribution in [2.45, 2.75) is 156 Å². The van der Waals surface area contributed by atoms with Gasteiger partial charge in [-0.3, -0.25) is 19.1 Å². The molecule has 14 nitrogen and oxygen atoms in total. The average molecular weight is 1050 g/mol. The van der Waals surface area contributed by atoms with Gasteiger partial charge >= 0.3 is 0 Å². The Morgan fingerprint density at radius 3 is 2.22 bits per heavy atom. The van der Waals surface area contributed by atoms with Crippen LogP contribution in [0.25, 0.3) is 12.2 Å². The van der Waals surface area contributed by atoms with E-state index in [2.05, 4.69) is 61.6 Å². The summed E-state index contributed by atoms with van der Waals surface area (Å²) in [5, 5.41) is 45.6. The molecule has 4 aliphatic rings. The monoisotopic (exact) mass is 1050 g/mol. The van der Waals surface area contributed by atoms with Crippen molar-refractivity contribution < 1.29 is 43.9 Å². The molecule has 2 aromatic carbocycles. The highest BCUT2D eigenvalue weighted by Crippen LogP contribution is 2.67. The van der Waals surface area contributed by atoms with E-state index in [0.717, 1.165) is 80.5 Å². The van der Waals surface area contributed by atoms with Gasteiger partial charge in [-0.1, -0.05) is 108 Å². The second kappa shape index (κ2) is 26.9. The van der Waals surface area contributed by atoms with Crippen LogP contribution in [0.15, 0.2) is 77.7 Å². The van der Waals surface area contributed by atoms with Gasteiger partial charge in [0.25, 0.3) is 0 Å². The molecule has 3 saturated carbocycles. The van der Waals surface area contributed by atoms with Gasteiger partial charge in [0.1, 0.15) is 12.4 Å². The normalized spacial score (nSPS) is 24.8. The molecule has 0 bridgehead atoms. The number of aliphatic hydroxyl groups excluding tert-OH is 1. The van der Waals surface area contributed by atoms with Crippen LogP contribution in [0.4, 0.5) is 0 Å². The van der Waals surface area contributed by atoms with Crippen LogP contribution < -0.4 is 20.1 Å². The Kier molecular flexibility index (Phi) is 20.5.